The van der Waals surface area contributed by atoms with E-state index < -0.39 is 0 Å². The van der Waals surface area contributed by atoms with Gasteiger partial charge in [0.05, 0.1) is 64.3 Å². The standard InChI is InChI=1S/C25H29N5O4S.2C25H31N5O2S.C25H30N4O3S/c1-13-4-7-18-22(26)23(35-25(18)27-13)24(32)29-16-8-15-5-6-17(9-20(15)34-12-16)30-10-19(28-14(2)31)21(11-30)33-3;2*1-14-12-30(13-25(14,3)32-4)20-10-6-16-11-17(7-9-19(16)29-20)28-23(31)22-21(26)18-8-5-15(2)27-24(18)33-22;1-4-15-11-29(12-21(15)31-3)18-7-6-16-9-17(13-32-20(16)10-18)28-24(30)23-22(26)19-8-5-14(2)27-25(19)33-23/h4-7,9,16,19,21H,8,10-12,26H2,1-3H3,(H,28,31)(H,29,32);2*5-6,8,10,14,17H,7,9,11-13,26H2,1-4H3,(H,28,31);5-8,10,15,17,21H,4,9,11-13,26H2,1-3H3,(H,28,30)/t16-,19+,21+;14-,17+,25-;14-,17-,25-;15-,17+,21-/m1100/s1. The highest BCUT2D eigenvalue weighted by Crippen LogP contribution is 2.43. The molecule has 6 aliphatic heterocycles. The molecule has 0 radical (unpaired) electrons. The van der Waals surface area contributed by atoms with E-state index in [4.69, 9.17) is 61.3 Å². The summed E-state index contributed by atoms with van der Waals surface area (Å²) in [4.78, 5) is 106. The lowest BCUT2D eigenvalue weighted by atomic mass is 9.91. The highest BCUT2D eigenvalue weighted by Gasteiger charge is 2.44. The molecule has 134 heavy (non-hydrogen) atoms. The number of hydrogen-bond acceptors (Lipinski definition) is 29. The second-order valence-electron chi connectivity index (χ2n) is 37.4. The third-order valence-electron chi connectivity index (χ3n) is 28.1. The number of thiophene rings is 4. The third kappa shape index (κ3) is 19.8. The minimum absolute atomic E-state index is 0.0607. The molecule has 8 aliphatic rings. The number of ether oxygens (including phenoxy) is 6. The fourth-order valence-electron chi connectivity index (χ4n) is 19.6. The van der Waals surface area contributed by atoms with Crippen LogP contribution in [0.4, 0.5) is 45.8 Å². The SMILES string of the molecule is CC[C@H]1CN(c2ccc3c(c2)OC[C@H](NC(=O)c2sc4nc(C)ccc4c2N)C3)C[C@@H]1OC.CO[C@@]1(C)CN(c2ccc3c(n2)CC[C@H](NC(=O)c2sc4nc(C)ccc4c2N)C3)C[C@@H]1C.CO[C@H]1CN(c2ccc3c(c2)OC[C@H](NC(=O)c2sc4nc(C)ccc4c2N)C3)C[C@@H]1NC(C)=O.CO[C@]1(C)CN(c2ccc3c(n2)CC[C@H](NC(=O)c2sc4nc(C)ccc4c2N)C3)C[C@H]1C. The van der Waals surface area contributed by atoms with Crippen LogP contribution in [-0.4, -0.2) is 207 Å². The lowest BCUT2D eigenvalue weighted by Gasteiger charge is -2.28. The van der Waals surface area contributed by atoms with E-state index in [2.05, 4.69) is 143 Å². The summed E-state index contributed by atoms with van der Waals surface area (Å²) in [6.45, 7) is 27.9. The molecule has 30 nitrogen and oxygen atoms in total. The Bertz CT molecular complexity index is 6260. The van der Waals surface area contributed by atoms with Gasteiger partial charge < -0.3 is 97.5 Å². The molecule has 0 saturated carbocycles. The Kier molecular flexibility index (Phi) is 27.7. The van der Waals surface area contributed by atoms with Gasteiger partial charge in [0.15, 0.2) is 0 Å². The minimum Gasteiger partial charge on any atom is -0.491 e. The average molecular weight is 1890 g/mol. The van der Waals surface area contributed by atoms with Gasteiger partial charge in [-0.1, -0.05) is 45.0 Å². The van der Waals surface area contributed by atoms with Crippen LogP contribution in [0.1, 0.15) is 156 Å². The Balaban J connectivity index is 0.000000124. The maximum absolute atomic E-state index is 13.0. The van der Waals surface area contributed by atoms with Gasteiger partial charge in [-0.25, -0.2) is 29.9 Å². The number of amides is 5. The quantitative estimate of drug-likeness (QED) is 0.0385. The van der Waals surface area contributed by atoms with Crippen LogP contribution < -0.4 is 78.6 Å². The molecule has 2 aromatic carbocycles. The first-order chi connectivity index (χ1) is 64.3. The van der Waals surface area contributed by atoms with Crippen molar-refractivity contribution in [3.05, 3.63) is 185 Å². The molecule has 10 aromatic heterocycles. The zero-order valence-electron chi connectivity index (χ0n) is 78.5. The highest BCUT2D eigenvalue weighted by atomic mass is 32.1. The second-order valence-corrected chi connectivity index (χ2v) is 41.4. The number of aryl methyl sites for hydroxylation is 6. The fraction of sp³-hybridized carbons (Fsp3) is 0.450. The number of anilines is 8. The topological polar surface area (TPSA) is 395 Å². The molecular formula is C100H121N19O11S4. The summed E-state index contributed by atoms with van der Waals surface area (Å²) in [5.74, 6) is 4.51. The summed E-state index contributed by atoms with van der Waals surface area (Å²) in [5.41, 5.74) is 39.4. The van der Waals surface area contributed by atoms with Crippen LogP contribution in [-0.2, 0) is 62.3 Å². The third-order valence-corrected chi connectivity index (χ3v) is 32.5. The molecule has 16 heterocycles. The van der Waals surface area contributed by atoms with E-state index in [1.54, 1.807) is 28.4 Å². The number of nitrogens with two attached hydrogens (primary N) is 4. The molecule has 34 heteroatoms. The summed E-state index contributed by atoms with van der Waals surface area (Å²) in [5, 5.41) is 18.9. The summed E-state index contributed by atoms with van der Waals surface area (Å²) >= 11 is 5.37. The van der Waals surface area contributed by atoms with Crippen LogP contribution in [0.5, 0.6) is 11.5 Å². The van der Waals surface area contributed by atoms with E-state index in [1.165, 1.54) is 63.4 Å². The van der Waals surface area contributed by atoms with Gasteiger partial charge in [-0.2, -0.15) is 0 Å². The van der Waals surface area contributed by atoms with Gasteiger partial charge in [-0.15, -0.1) is 45.3 Å². The van der Waals surface area contributed by atoms with Crippen LogP contribution in [0.15, 0.2) is 109 Å². The van der Waals surface area contributed by atoms with Gasteiger partial charge >= 0.3 is 0 Å². The number of aromatic nitrogens is 6. The molecule has 12 atom stereocenters. The molecule has 4 fully saturated rings. The van der Waals surface area contributed by atoms with Crippen molar-refractivity contribution < 1.29 is 52.4 Å². The number of fused-ring (bicyclic) bond motifs is 8. The predicted octanol–water partition coefficient (Wildman–Crippen LogP) is 13.5. The molecule has 0 bridgehead atoms. The van der Waals surface area contributed by atoms with Gasteiger partial charge in [0.25, 0.3) is 23.6 Å². The first-order valence-electron chi connectivity index (χ1n) is 46.1. The largest absolute Gasteiger partial charge is 0.491 e. The van der Waals surface area contributed by atoms with Crippen molar-refractivity contribution in [2.24, 2.45) is 17.8 Å². The molecule has 0 spiro atoms. The van der Waals surface area contributed by atoms with Gasteiger partial charge in [0.1, 0.15) is 75.2 Å². The van der Waals surface area contributed by atoms with Crippen LogP contribution >= 0.6 is 45.3 Å². The molecule has 20 rings (SSSR count). The predicted molar refractivity (Wildman–Crippen MR) is 535 cm³/mol. The van der Waals surface area contributed by atoms with E-state index >= 15 is 0 Å². The maximum Gasteiger partial charge on any atom is 0.263 e. The van der Waals surface area contributed by atoms with E-state index in [-0.39, 0.29) is 83.2 Å². The van der Waals surface area contributed by atoms with Gasteiger partial charge in [-0.05, 0) is 194 Å². The van der Waals surface area contributed by atoms with Crippen molar-refractivity contribution in [1.82, 2.24) is 56.5 Å². The van der Waals surface area contributed by atoms with Crippen LogP contribution in [0.2, 0.25) is 0 Å². The fourth-order valence-corrected chi connectivity index (χ4v) is 23.8. The van der Waals surface area contributed by atoms with Gasteiger partial charge in [0, 0.05) is 197 Å². The van der Waals surface area contributed by atoms with E-state index in [9.17, 15) is 24.0 Å². The Morgan fingerprint density at radius 2 is 0.784 bits per heavy atom. The van der Waals surface area contributed by atoms with Gasteiger partial charge in [-0.3, -0.25) is 24.0 Å². The normalized spacial score (nSPS) is 23.3. The molecule has 13 N–H and O–H groups in total. The zero-order valence-corrected chi connectivity index (χ0v) is 81.8. The Morgan fingerprint density at radius 1 is 0.433 bits per heavy atom. The lowest BCUT2D eigenvalue weighted by Crippen LogP contribution is -2.42. The summed E-state index contributed by atoms with van der Waals surface area (Å²) in [6.07, 6.45) is 7.68. The van der Waals surface area contributed by atoms with Crippen LogP contribution in [0.3, 0.4) is 0 Å². The number of benzene rings is 2. The highest BCUT2D eigenvalue weighted by molar-refractivity contribution is 7.22. The van der Waals surface area contributed by atoms with Crippen molar-refractivity contribution in [2.75, 3.05) is 137 Å². The van der Waals surface area contributed by atoms with E-state index in [0.29, 0.717) is 92.7 Å². The van der Waals surface area contributed by atoms with Crippen molar-refractivity contribution in [3.8, 4) is 11.5 Å². The van der Waals surface area contributed by atoms with Crippen molar-refractivity contribution in [1.29, 1.82) is 0 Å². The Labute approximate surface area is 796 Å². The smallest absolute Gasteiger partial charge is 0.263 e. The molecule has 4 saturated heterocycles. The summed E-state index contributed by atoms with van der Waals surface area (Å²) in [7, 11) is 7.04. The monoisotopic (exact) mass is 1890 g/mol. The zero-order chi connectivity index (χ0) is 94.5. The van der Waals surface area contributed by atoms with Crippen molar-refractivity contribution >= 4 is 162 Å². The van der Waals surface area contributed by atoms with Crippen LogP contribution in [0.25, 0.3) is 40.9 Å². The first kappa shape index (κ1) is 94.1. The molecule has 0 unspecified atom stereocenters. The van der Waals surface area contributed by atoms with E-state index in [0.717, 1.165) is 211 Å². The number of pyridine rings is 6. The average Bonchev–Trinajstić information content (AvgIpc) is 1.70. The number of methoxy groups -OCH3 is 4. The molecule has 12 aromatic rings. The number of carbonyl (C=O) groups is 5. The lowest BCUT2D eigenvalue weighted by molar-refractivity contribution is -0.120. The molecule has 706 valence electrons. The number of nitrogens with zero attached hydrogens (tertiary/aromatic N) is 10. The molecule has 5 amide bonds. The van der Waals surface area contributed by atoms with Crippen LogP contribution in [0, 0.1) is 45.4 Å². The minimum atomic E-state index is -0.205. The second kappa shape index (κ2) is 39.4. The van der Waals surface area contributed by atoms with Gasteiger partial charge in [0.2, 0.25) is 5.91 Å². The van der Waals surface area contributed by atoms with E-state index in [1.807, 2.05) is 94.4 Å². The number of nitrogen functional groups attached to an aromatic ring is 4. The van der Waals surface area contributed by atoms with Crippen molar-refractivity contribution in [3.63, 3.8) is 0 Å². The number of rotatable bonds is 18. The Hall–Kier alpha value is -11.6. The Morgan fingerprint density at radius 3 is 1.13 bits per heavy atom. The number of hydrogen-bond donors (Lipinski definition) is 9. The van der Waals surface area contributed by atoms with Crippen molar-refractivity contribution in [2.45, 2.75) is 181 Å². The molecule has 2 aliphatic carbocycles. The summed E-state index contributed by atoms with van der Waals surface area (Å²) in [6, 6.07) is 36.2. The number of nitrogens with one attached hydrogen (secondary N) is 5. The summed E-state index contributed by atoms with van der Waals surface area (Å²) < 4.78 is 34.9. The molecular weight excluding hydrogens is 1770 g/mol. The maximum atomic E-state index is 13.0. The first-order valence-corrected chi connectivity index (χ1v) is 49.4. The number of carbonyl (C=O) groups excluding carboxylic acids is 5.